The van der Waals surface area contributed by atoms with Crippen LogP contribution in [0.25, 0.3) is 0 Å². The fraction of sp³-hybridized carbons (Fsp3) is 0.600. The first-order valence-electron chi connectivity index (χ1n) is 6.60. The lowest BCUT2D eigenvalue weighted by atomic mass is 9.87. The first-order chi connectivity index (χ1) is 8.00. The number of nitrogens with two attached hydrogens (primary N) is 1. The van der Waals surface area contributed by atoms with Gasteiger partial charge < -0.3 is 10.6 Å². The van der Waals surface area contributed by atoms with Crippen LogP contribution >= 0.6 is 0 Å². The van der Waals surface area contributed by atoms with Gasteiger partial charge in [-0.25, -0.2) is 0 Å². The molecule has 0 radical (unpaired) electrons. The Bertz CT molecular complexity index is 400. The highest BCUT2D eigenvalue weighted by atomic mass is 15.2. The minimum absolute atomic E-state index is 0.353. The molecule has 0 aromatic heterocycles. The highest BCUT2D eigenvalue weighted by Crippen LogP contribution is 2.30. The molecular formula is C15H24N2. The van der Waals surface area contributed by atoms with Gasteiger partial charge in [0.1, 0.15) is 0 Å². The van der Waals surface area contributed by atoms with Gasteiger partial charge in [-0.05, 0) is 50.3 Å². The number of aryl methyl sites for hydroxylation is 2. The van der Waals surface area contributed by atoms with E-state index in [0.29, 0.717) is 18.0 Å². The Labute approximate surface area is 105 Å². The van der Waals surface area contributed by atoms with Crippen LogP contribution in [0.5, 0.6) is 0 Å². The molecule has 94 valence electrons. The Morgan fingerprint density at radius 2 is 1.94 bits per heavy atom. The summed E-state index contributed by atoms with van der Waals surface area (Å²) in [5.74, 6) is 0.559. The number of benzene rings is 1. The second kappa shape index (κ2) is 4.69. The number of hydrogen-bond donors (Lipinski definition) is 1. The van der Waals surface area contributed by atoms with Gasteiger partial charge in [0.15, 0.2) is 0 Å². The molecule has 0 saturated carbocycles. The molecule has 3 atom stereocenters. The topological polar surface area (TPSA) is 29.3 Å². The molecule has 1 heterocycles. The molecule has 0 spiro atoms. The molecule has 0 aliphatic carbocycles. The summed E-state index contributed by atoms with van der Waals surface area (Å²) in [6.07, 6.45) is 1.10. The number of anilines is 1. The molecule has 1 aromatic rings. The van der Waals surface area contributed by atoms with Gasteiger partial charge in [0, 0.05) is 24.3 Å². The van der Waals surface area contributed by atoms with E-state index in [1.165, 1.54) is 16.8 Å². The van der Waals surface area contributed by atoms with E-state index in [2.05, 4.69) is 50.8 Å². The van der Waals surface area contributed by atoms with Gasteiger partial charge in [0.25, 0.3) is 0 Å². The summed E-state index contributed by atoms with van der Waals surface area (Å²) in [5.41, 5.74) is 10.2. The molecule has 2 heteroatoms. The van der Waals surface area contributed by atoms with Gasteiger partial charge in [-0.1, -0.05) is 19.1 Å². The third-order valence-electron chi connectivity index (χ3n) is 4.31. The third-order valence-corrected chi connectivity index (χ3v) is 4.31. The van der Waals surface area contributed by atoms with E-state index in [1.807, 2.05) is 0 Å². The summed E-state index contributed by atoms with van der Waals surface area (Å²) in [4.78, 5) is 2.52. The van der Waals surface area contributed by atoms with Gasteiger partial charge in [-0.15, -0.1) is 0 Å². The summed E-state index contributed by atoms with van der Waals surface area (Å²) in [7, 11) is 0. The average Bonchev–Trinajstić information content (AvgIpc) is 2.30. The van der Waals surface area contributed by atoms with Gasteiger partial charge in [-0.3, -0.25) is 0 Å². The maximum Gasteiger partial charge on any atom is 0.0401 e. The van der Waals surface area contributed by atoms with Crippen molar-refractivity contribution in [1.29, 1.82) is 0 Å². The van der Waals surface area contributed by atoms with Crippen molar-refractivity contribution < 1.29 is 0 Å². The standard InChI is InChI=1S/C15H24N2/c1-10-5-6-11(2)15(9-10)17-8-7-14(16)12(3)13(17)4/h5-6,9,12-14H,7-8,16H2,1-4H3. The van der Waals surface area contributed by atoms with Crippen LogP contribution in [0.4, 0.5) is 5.69 Å². The Morgan fingerprint density at radius 3 is 2.65 bits per heavy atom. The van der Waals surface area contributed by atoms with E-state index in [0.717, 1.165) is 13.0 Å². The molecule has 2 nitrogen and oxygen atoms in total. The van der Waals surface area contributed by atoms with E-state index in [4.69, 9.17) is 5.73 Å². The van der Waals surface area contributed by atoms with Crippen molar-refractivity contribution in [3.05, 3.63) is 29.3 Å². The van der Waals surface area contributed by atoms with E-state index < -0.39 is 0 Å². The average molecular weight is 232 g/mol. The van der Waals surface area contributed by atoms with Crippen LogP contribution in [0.15, 0.2) is 18.2 Å². The molecule has 1 saturated heterocycles. The Kier molecular flexibility index (Phi) is 3.43. The van der Waals surface area contributed by atoms with Crippen LogP contribution < -0.4 is 10.6 Å². The minimum atomic E-state index is 0.353. The van der Waals surface area contributed by atoms with Crippen LogP contribution in [0.2, 0.25) is 0 Å². The third kappa shape index (κ3) is 2.32. The lowest BCUT2D eigenvalue weighted by Gasteiger charge is -2.43. The SMILES string of the molecule is Cc1ccc(C)c(N2CCC(N)C(C)C2C)c1. The maximum absolute atomic E-state index is 6.15. The van der Waals surface area contributed by atoms with Crippen LogP contribution in [0, 0.1) is 19.8 Å². The van der Waals surface area contributed by atoms with Crippen molar-refractivity contribution in [2.24, 2.45) is 11.7 Å². The molecule has 17 heavy (non-hydrogen) atoms. The maximum atomic E-state index is 6.15. The first-order valence-corrected chi connectivity index (χ1v) is 6.60. The highest BCUT2D eigenvalue weighted by molar-refractivity contribution is 5.56. The van der Waals surface area contributed by atoms with Gasteiger partial charge in [-0.2, -0.15) is 0 Å². The van der Waals surface area contributed by atoms with Crippen molar-refractivity contribution in [1.82, 2.24) is 0 Å². The van der Waals surface area contributed by atoms with Crippen LogP contribution in [0.3, 0.4) is 0 Å². The highest BCUT2D eigenvalue weighted by Gasteiger charge is 2.30. The molecule has 2 rings (SSSR count). The van der Waals surface area contributed by atoms with Crippen molar-refractivity contribution >= 4 is 5.69 Å². The zero-order valence-corrected chi connectivity index (χ0v) is 11.4. The number of piperidine rings is 1. The second-order valence-electron chi connectivity index (χ2n) is 5.54. The monoisotopic (exact) mass is 232 g/mol. The Balaban J connectivity index is 2.30. The summed E-state index contributed by atoms with van der Waals surface area (Å²) >= 11 is 0. The normalized spacial score (nSPS) is 29.5. The van der Waals surface area contributed by atoms with E-state index in [9.17, 15) is 0 Å². The lowest BCUT2D eigenvalue weighted by molar-refractivity contribution is 0.315. The van der Waals surface area contributed by atoms with Crippen LogP contribution in [-0.2, 0) is 0 Å². The summed E-state index contributed by atoms with van der Waals surface area (Å²) in [5, 5.41) is 0. The largest absolute Gasteiger partial charge is 0.368 e. The van der Waals surface area contributed by atoms with Crippen molar-refractivity contribution in [2.75, 3.05) is 11.4 Å². The van der Waals surface area contributed by atoms with Gasteiger partial charge >= 0.3 is 0 Å². The smallest absolute Gasteiger partial charge is 0.0401 e. The number of nitrogens with zero attached hydrogens (tertiary/aromatic N) is 1. The zero-order chi connectivity index (χ0) is 12.6. The first kappa shape index (κ1) is 12.4. The van der Waals surface area contributed by atoms with Crippen molar-refractivity contribution in [3.63, 3.8) is 0 Å². The van der Waals surface area contributed by atoms with Crippen LogP contribution in [0.1, 0.15) is 31.4 Å². The summed E-state index contributed by atoms with van der Waals surface area (Å²) in [6.45, 7) is 10.0. The van der Waals surface area contributed by atoms with E-state index >= 15 is 0 Å². The van der Waals surface area contributed by atoms with E-state index in [-0.39, 0.29) is 0 Å². The summed E-state index contributed by atoms with van der Waals surface area (Å²) < 4.78 is 0. The van der Waals surface area contributed by atoms with Gasteiger partial charge in [0.05, 0.1) is 0 Å². The van der Waals surface area contributed by atoms with Crippen molar-refractivity contribution in [2.45, 2.75) is 46.2 Å². The van der Waals surface area contributed by atoms with Crippen molar-refractivity contribution in [3.8, 4) is 0 Å². The molecule has 1 fully saturated rings. The number of hydrogen-bond acceptors (Lipinski definition) is 2. The van der Waals surface area contributed by atoms with E-state index in [1.54, 1.807) is 0 Å². The number of rotatable bonds is 1. The molecule has 3 unspecified atom stereocenters. The van der Waals surface area contributed by atoms with Crippen LogP contribution in [-0.4, -0.2) is 18.6 Å². The molecule has 1 aliphatic rings. The lowest BCUT2D eigenvalue weighted by Crippen LogP contribution is -2.52. The molecule has 0 amide bonds. The quantitative estimate of drug-likeness (QED) is 0.806. The fourth-order valence-electron chi connectivity index (χ4n) is 2.76. The molecule has 2 N–H and O–H groups in total. The Hall–Kier alpha value is -1.02. The molecule has 0 bridgehead atoms. The molecule has 1 aliphatic heterocycles. The van der Waals surface area contributed by atoms with Gasteiger partial charge in [0.2, 0.25) is 0 Å². The predicted molar refractivity (Wildman–Crippen MR) is 74.5 cm³/mol. The molecular weight excluding hydrogens is 208 g/mol. The summed E-state index contributed by atoms with van der Waals surface area (Å²) in [6, 6.07) is 7.58. The molecule has 1 aromatic carbocycles. The zero-order valence-electron chi connectivity index (χ0n) is 11.4. The minimum Gasteiger partial charge on any atom is -0.368 e. The Morgan fingerprint density at radius 1 is 1.24 bits per heavy atom. The second-order valence-corrected chi connectivity index (χ2v) is 5.54. The predicted octanol–water partition coefficient (Wildman–Crippen LogP) is 2.87. The fourth-order valence-corrected chi connectivity index (χ4v) is 2.76.